The lowest BCUT2D eigenvalue weighted by atomic mass is 10.1. The molecule has 0 spiro atoms. The fourth-order valence-electron chi connectivity index (χ4n) is 3.30. The first-order chi connectivity index (χ1) is 14.6. The molecule has 1 heterocycles. The van der Waals surface area contributed by atoms with E-state index in [2.05, 4.69) is 29.3 Å². The average Bonchev–Trinajstić information content (AvgIpc) is 3.14. The lowest BCUT2D eigenvalue weighted by molar-refractivity contribution is 0.0600. The van der Waals surface area contributed by atoms with Gasteiger partial charge in [-0.05, 0) is 35.7 Å². The van der Waals surface area contributed by atoms with Crippen LogP contribution in [0.15, 0.2) is 65.7 Å². The Morgan fingerprint density at radius 2 is 1.70 bits per heavy atom. The van der Waals surface area contributed by atoms with Gasteiger partial charge >= 0.3 is 5.97 Å². The molecule has 0 atom stereocenters. The van der Waals surface area contributed by atoms with Crippen LogP contribution in [0.1, 0.15) is 20.7 Å². The van der Waals surface area contributed by atoms with E-state index < -0.39 is 5.97 Å². The highest BCUT2D eigenvalue weighted by Gasteiger charge is 2.12. The number of hydrogen-bond acceptors (Lipinski definition) is 5. The van der Waals surface area contributed by atoms with E-state index in [1.54, 1.807) is 31.4 Å². The second-order valence-electron chi connectivity index (χ2n) is 6.65. The van der Waals surface area contributed by atoms with E-state index in [0.29, 0.717) is 29.1 Å². The highest BCUT2D eigenvalue weighted by Crippen LogP contribution is 2.27. The minimum Gasteiger partial charge on any atom is -0.465 e. The zero-order chi connectivity index (χ0) is 21.1. The van der Waals surface area contributed by atoms with Gasteiger partial charge in [0.2, 0.25) is 0 Å². The number of rotatable bonds is 5. The summed E-state index contributed by atoms with van der Waals surface area (Å²) in [6.07, 6.45) is 0. The third-order valence-corrected chi connectivity index (χ3v) is 5.97. The van der Waals surface area contributed by atoms with E-state index in [9.17, 15) is 9.59 Å². The number of ether oxygens (including phenoxy) is 2. The van der Waals surface area contributed by atoms with Gasteiger partial charge in [0.25, 0.3) is 5.91 Å². The lowest BCUT2D eigenvalue weighted by Crippen LogP contribution is -2.19. The maximum absolute atomic E-state index is 12.8. The van der Waals surface area contributed by atoms with Gasteiger partial charge in [0.1, 0.15) is 0 Å². The molecule has 6 nitrogen and oxygen atoms in total. The number of benzene rings is 3. The molecule has 0 aliphatic carbocycles. The number of nitrogens with zero attached hydrogens (tertiary/aromatic N) is 2. The van der Waals surface area contributed by atoms with Gasteiger partial charge in [-0.15, -0.1) is 0 Å². The van der Waals surface area contributed by atoms with Crippen LogP contribution in [0, 0.1) is 0 Å². The van der Waals surface area contributed by atoms with Crippen molar-refractivity contribution in [2.45, 2.75) is 6.54 Å². The number of aromatic nitrogens is 1. The smallest absolute Gasteiger partial charge is 0.337 e. The summed E-state index contributed by atoms with van der Waals surface area (Å²) in [7, 11) is 2.97. The molecule has 3 aromatic carbocycles. The van der Waals surface area contributed by atoms with Crippen molar-refractivity contribution in [2.24, 2.45) is 4.99 Å². The van der Waals surface area contributed by atoms with Crippen molar-refractivity contribution in [3.63, 3.8) is 0 Å². The molecule has 0 radical (unpaired) electrons. The van der Waals surface area contributed by atoms with Gasteiger partial charge in [0.05, 0.1) is 29.5 Å². The predicted octanol–water partition coefficient (Wildman–Crippen LogP) is 4.03. The molecule has 0 aliphatic rings. The zero-order valence-corrected chi connectivity index (χ0v) is 17.4. The first-order valence-corrected chi connectivity index (χ1v) is 10.2. The Morgan fingerprint density at radius 3 is 2.43 bits per heavy atom. The lowest BCUT2D eigenvalue weighted by Gasteiger charge is -2.05. The van der Waals surface area contributed by atoms with Crippen LogP contribution in [-0.2, 0) is 16.0 Å². The van der Waals surface area contributed by atoms with Crippen LogP contribution in [0.3, 0.4) is 0 Å². The highest BCUT2D eigenvalue weighted by molar-refractivity contribution is 7.17. The molecule has 4 rings (SSSR count). The normalized spacial score (nSPS) is 11.9. The van der Waals surface area contributed by atoms with Crippen LogP contribution >= 0.6 is 11.3 Å². The van der Waals surface area contributed by atoms with Crippen molar-refractivity contribution in [3.8, 4) is 0 Å². The van der Waals surface area contributed by atoms with Crippen molar-refractivity contribution in [2.75, 3.05) is 20.8 Å². The van der Waals surface area contributed by atoms with Gasteiger partial charge in [0, 0.05) is 24.6 Å². The molecular weight excluding hydrogens is 400 g/mol. The fraction of sp³-hybridized carbons (Fsp3) is 0.174. The van der Waals surface area contributed by atoms with Crippen molar-refractivity contribution in [1.82, 2.24) is 4.57 Å². The van der Waals surface area contributed by atoms with Crippen LogP contribution in [0.4, 0.5) is 0 Å². The Hall–Kier alpha value is -3.29. The number of fused-ring (bicyclic) bond motifs is 3. The minimum atomic E-state index is -0.445. The number of thiazole rings is 1. The van der Waals surface area contributed by atoms with Crippen LogP contribution in [-0.4, -0.2) is 37.3 Å². The molecule has 0 saturated carbocycles. The number of hydrogen-bond donors (Lipinski definition) is 0. The average molecular weight is 420 g/mol. The molecule has 0 unspecified atom stereocenters. The summed E-state index contributed by atoms with van der Waals surface area (Å²) in [5.74, 6) is -0.812. The van der Waals surface area contributed by atoms with Gasteiger partial charge in [-0.25, -0.2) is 4.79 Å². The second-order valence-corrected chi connectivity index (χ2v) is 7.63. The fourth-order valence-corrected chi connectivity index (χ4v) is 4.49. The first-order valence-electron chi connectivity index (χ1n) is 9.40. The molecule has 0 saturated heterocycles. The summed E-state index contributed by atoms with van der Waals surface area (Å²) in [5.41, 5.74) is 1.81. The Bertz CT molecular complexity index is 1300. The number of amides is 1. The SMILES string of the molecule is COCCn1c(=NC(=O)c2ccc(C(=O)OC)cc2)sc2c3ccccc3ccc21. The van der Waals surface area contributed by atoms with Gasteiger partial charge in [-0.1, -0.05) is 41.7 Å². The number of carbonyl (C=O) groups is 2. The summed E-state index contributed by atoms with van der Waals surface area (Å²) in [4.78, 5) is 29.4. The van der Waals surface area contributed by atoms with E-state index in [-0.39, 0.29) is 5.91 Å². The van der Waals surface area contributed by atoms with Crippen molar-refractivity contribution < 1.29 is 19.1 Å². The summed E-state index contributed by atoms with van der Waals surface area (Å²) in [5, 5.41) is 2.27. The van der Waals surface area contributed by atoms with Crippen LogP contribution < -0.4 is 4.80 Å². The van der Waals surface area contributed by atoms with Gasteiger partial charge in [0.15, 0.2) is 4.80 Å². The van der Waals surface area contributed by atoms with Gasteiger partial charge in [-0.3, -0.25) is 4.79 Å². The molecule has 7 heteroatoms. The number of esters is 1. The van der Waals surface area contributed by atoms with Crippen molar-refractivity contribution in [1.29, 1.82) is 0 Å². The molecule has 1 aromatic heterocycles. The highest BCUT2D eigenvalue weighted by atomic mass is 32.1. The molecule has 152 valence electrons. The van der Waals surface area contributed by atoms with Gasteiger partial charge in [-0.2, -0.15) is 4.99 Å². The quantitative estimate of drug-likeness (QED) is 0.457. The van der Waals surface area contributed by atoms with Crippen LogP contribution in [0.5, 0.6) is 0 Å². The predicted molar refractivity (Wildman–Crippen MR) is 117 cm³/mol. The van der Waals surface area contributed by atoms with E-state index >= 15 is 0 Å². The summed E-state index contributed by atoms with van der Waals surface area (Å²) >= 11 is 1.48. The molecule has 0 fully saturated rings. The standard InChI is InChI=1S/C23H20N2O4S/c1-28-14-13-25-19-12-11-15-5-3-4-6-18(15)20(19)30-23(25)24-21(26)16-7-9-17(10-8-16)22(27)29-2/h3-12H,13-14H2,1-2H3. The maximum Gasteiger partial charge on any atom is 0.337 e. The molecular formula is C23H20N2O4S. The topological polar surface area (TPSA) is 69.9 Å². The van der Waals surface area contributed by atoms with E-state index in [1.807, 2.05) is 16.7 Å². The molecule has 30 heavy (non-hydrogen) atoms. The Kier molecular flexibility index (Phi) is 5.74. The molecule has 0 aliphatic heterocycles. The summed E-state index contributed by atoms with van der Waals surface area (Å²) < 4.78 is 13.0. The maximum atomic E-state index is 12.8. The summed E-state index contributed by atoms with van der Waals surface area (Å²) in [6.45, 7) is 1.09. The Morgan fingerprint density at radius 1 is 0.967 bits per heavy atom. The van der Waals surface area contributed by atoms with Crippen molar-refractivity contribution in [3.05, 3.63) is 76.6 Å². The largest absolute Gasteiger partial charge is 0.465 e. The molecule has 4 aromatic rings. The monoisotopic (exact) mass is 420 g/mol. The van der Waals surface area contributed by atoms with E-state index in [1.165, 1.54) is 18.4 Å². The third-order valence-electron chi connectivity index (χ3n) is 4.84. The minimum absolute atomic E-state index is 0.367. The number of carbonyl (C=O) groups excluding carboxylic acids is 2. The van der Waals surface area contributed by atoms with Crippen LogP contribution in [0.2, 0.25) is 0 Å². The zero-order valence-electron chi connectivity index (χ0n) is 16.6. The van der Waals surface area contributed by atoms with Crippen LogP contribution in [0.25, 0.3) is 21.0 Å². The Labute approximate surface area is 177 Å². The Balaban J connectivity index is 1.81. The number of methoxy groups -OCH3 is 2. The molecule has 1 amide bonds. The first kappa shape index (κ1) is 20.0. The second kappa shape index (κ2) is 8.61. The summed E-state index contributed by atoms with van der Waals surface area (Å²) in [6, 6.07) is 18.6. The molecule has 0 N–H and O–H groups in total. The van der Waals surface area contributed by atoms with Crippen molar-refractivity contribution >= 4 is 44.2 Å². The molecule has 0 bridgehead atoms. The van der Waals surface area contributed by atoms with E-state index in [4.69, 9.17) is 9.47 Å². The van der Waals surface area contributed by atoms with E-state index in [0.717, 1.165) is 21.0 Å². The third kappa shape index (κ3) is 3.77. The van der Waals surface area contributed by atoms with Gasteiger partial charge < -0.3 is 14.0 Å².